The van der Waals surface area contributed by atoms with Crippen LogP contribution >= 0.6 is 0 Å². The van der Waals surface area contributed by atoms with Crippen molar-refractivity contribution in [3.05, 3.63) is 39.4 Å². The number of non-ortho nitro benzene ring substituents is 1. The predicted molar refractivity (Wildman–Crippen MR) is 64.7 cm³/mol. The number of nitrogens with zero attached hydrogens (tertiary/aromatic N) is 2. The number of benzene rings is 1. The van der Waals surface area contributed by atoms with E-state index < -0.39 is 4.92 Å². The lowest BCUT2D eigenvalue weighted by molar-refractivity contribution is -0.384. The van der Waals surface area contributed by atoms with Crippen LogP contribution < -0.4 is 5.32 Å². The van der Waals surface area contributed by atoms with Crippen LogP contribution in [0.1, 0.15) is 25.0 Å². The molecular formula is C12H15N3O2. The third kappa shape index (κ3) is 3.54. The van der Waals surface area contributed by atoms with E-state index >= 15 is 0 Å². The highest BCUT2D eigenvalue weighted by molar-refractivity contribution is 5.46. The number of hydrogen-bond acceptors (Lipinski definition) is 4. The van der Waals surface area contributed by atoms with Crippen LogP contribution in [0.4, 0.5) is 5.69 Å². The molecule has 1 aromatic carbocycles. The van der Waals surface area contributed by atoms with Crippen LogP contribution in [-0.2, 0) is 6.42 Å². The Hall–Kier alpha value is -1.93. The summed E-state index contributed by atoms with van der Waals surface area (Å²) in [6.07, 6.45) is 0.689. The van der Waals surface area contributed by atoms with Crippen molar-refractivity contribution in [2.24, 2.45) is 0 Å². The van der Waals surface area contributed by atoms with E-state index in [1.807, 2.05) is 19.9 Å². The van der Waals surface area contributed by atoms with Crippen molar-refractivity contribution >= 4 is 5.69 Å². The third-order valence-electron chi connectivity index (χ3n) is 2.50. The standard InChI is InChI=1S/C12H15N3O2/c1-3-14-9(2)6-10-4-5-12(15(16)17)7-11(10)8-13/h4-5,7,9,14H,3,6H2,1-2H3. The lowest BCUT2D eigenvalue weighted by atomic mass is 10.0. The molecule has 1 N–H and O–H groups in total. The zero-order valence-electron chi connectivity index (χ0n) is 9.93. The number of hydrogen-bond donors (Lipinski definition) is 1. The molecule has 1 rings (SSSR count). The van der Waals surface area contributed by atoms with E-state index in [2.05, 4.69) is 5.32 Å². The summed E-state index contributed by atoms with van der Waals surface area (Å²) in [6, 6.07) is 6.67. The van der Waals surface area contributed by atoms with Gasteiger partial charge in [-0.1, -0.05) is 13.0 Å². The highest BCUT2D eigenvalue weighted by Gasteiger charge is 2.12. The van der Waals surface area contributed by atoms with E-state index in [0.717, 1.165) is 12.1 Å². The predicted octanol–water partition coefficient (Wildman–Crippen LogP) is 2.01. The Kier molecular flexibility index (Phi) is 4.61. The van der Waals surface area contributed by atoms with Gasteiger partial charge in [-0.3, -0.25) is 10.1 Å². The average Bonchev–Trinajstić information content (AvgIpc) is 2.29. The highest BCUT2D eigenvalue weighted by Crippen LogP contribution is 2.18. The number of rotatable bonds is 5. The molecule has 1 unspecified atom stereocenters. The van der Waals surface area contributed by atoms with Gasteiger partial charge < -0.3 is 5.32 Å². The van der Waals surface area contributed by atoms with Gasteiger partial charge in [-0.25, -0.2) is 0 Å². The lowest BCUT2D eigenvalue weighted by Gasteiger charge is -2.12. The van der Waals surface area contributed by atoms with E-state index in [4.69, 9.17) is 5.26 Å². The summed E-state index contributed by atoms with van der Waals surface area (Å²) in [6.45, 7) is 4.89. The molecule has 5 nitrogen and oxygen atoms in total. The fraction of sp³-hybridized carbons (Fsp3) is 0.417. The molecule has 1 aromatic rings. The molecule has 0 aliphatic rings. The van der Waals surface area contributed by atoms with Crippen LogP contribution in [0.25, 0.3) is 0 Å². The van der Waals surface area contributed by atoms with Crippen LogP contribution in [0, 0.1) is 21.4 Å². The number of likely N-dealkylation sites (N-methyl/N-ethyl adjacent to an activating group) is 1. The monoisotopic (exact) mass is 233 g/mol. The zero-order valence-corrected chi connectivity index (χ0v) is 9.93. The fourth-order valence-corrected chi connectivity index (χ4v) is 1.71. The minimum absolute atomic E-state index is 0.0404. The summed E-state index contributed by atoms with van der Waals surface area (Å²) in [5.74, 6) is 0. The first-order valence-corrected chi connectivity index (χ1v) is 5.49. The molecule has 17 heavy (non-hydrogen) atoms. The number of nitro groups is 1. The second-order valence-corrected chi connectivity index (χ2v) is 3.87. The molecule has 0 aliphatic heterocycles. The largest absolute Gasteiger partial charge is 0.314 e. The first-order valence-electron chi connectivity index (χ1n) is 5.49. The van der Waals surface area contributed by atoms with Gasteiger partial charge in [0.2, 0.25) is 0 Å². The molecule has 1 atom stereocenters. The van der Waals surface area contributed by atoms with Crippen molar-refractivity contribution < 1.29 is 4.92 Å². The van der Waals surface area contributed by atoms with Gasteiger partial charge >= 0.3 is 0 Å². The van der Waals surface area contributed by atoms with Crippen molar-refractivity contribution in [2.75, 3.05) is 6.54 Å². The van der Waals surface area contributed by atoms with Crippen LogP contribution in [0.2, 0.25) is 0 Å². The molecule has 90 valence electrons. The van der Waals surface area contributed by atoms with Gasteiger partial charge in [-0.05, 0) is 25.5 Å². The van der Waals surface area contributed by atoms with Crippen LogP contribution in [0.3, 0.4) is 0 Å². The van der Waals surface area contributed by atoms with E-state index in [9.17, 15) is 10.1 Å². The van der Waals surface area contributed by atoms with Crippen molar-refractivity contribution in [1.29, 1.82) is 5.26 Å². The molecule has 0 bridgehead atoms. The maximum atomic E-state index is 10.6. The second kappa shape index (κ2) is 5.97. The van der Waals surface area contributed by atoms with Gasteiger partial charge in [-0.15, -0.1) is 0 Å². The third-order valence-corrected chi connectivity index (χ3v) is 2.50. The van der Waals surface area contributed by atoms with Crippen LogP contribution in [-0.4, -0.2) is 17.5 Å². The van der Waals surface area contributed by atoms with Gasteiger partial charge in [0.05, 0.1) is 16.6 Å². The van der Waals surface area contributed by atoms with Crippen LogP contribution in [0.5, 0.6) is 0 Å². The Morgan fingerprint density at radius 2 is 2.29 bits per heavy atom. The smallest absolute Gasteiger partial charge is 0.270 e. The van der Waals surface area contributed by atoms with E-state index in [1.165, 1.54) is 12.1 Å². The second-order valence-electron chi connectivity index (χ2n) is 3.87. The molecule has 0 saturated heterocycles. The molecule has 0 spiro atoms. The molecule has 5 heteroatoms. The first kappa shape index (κ1) is 13.1. The van der Waals surface area contributed by atoms with Crippen molar-refractivity contribution in [3.63, 3.8) is 0 Å². The minimum atomic E-state index is -0.488. The summed E-state index contributed by atoms with van der Waals surface area (Å²) >= 11 is 0. The summed E-state index contributed by atoms with van der Waals surface area (Å²) in [4.78, 5) is 10.1. The van der Waals surface area contributed by atoms with Gasteiger partial charge in [0.25, 0.3) is 5.69 Å². The van der Waals surface area contributed by atoms with E-state index in [0.29, 0.717) is 12.0 Å². The van der Waals surface area contributed by atoms with Crippen LogP contribution in [0.15, 0.2) is 18.2 Å². The molecule has 0 saturated carbocycles. The van der Waals surface area contributed by atoms with Crippen molar-refractivity contribution in [1.82, 2.24) is 5.32 Å². The Morgan fingerprint density at radius 3 is 2.82 bits per heavy atom. The van der Waals surface area contributed by atoms with Gasteiger partial charge in [-0.2, -0.15) is 5.26 Å². The number of nitriles is 1. The Labute approximate surface area is 100 Å². The van der Waals surface area contributed by atoms with E-state index in [-0.39, 0.29) is 11.7 Å². The Balaban J connectivity index is 2.94. The SMILES string of the molecule is CCNC(C)Cc1ccc([N+](=O)[O-])cc1C#N. The highest BCUT2D eigenvalue weighted by atomic mass is 16.6. The summed E-state index contributed by atoms with van der Waals surface area (Å²) in [5.41, 5.74) is 1.18. The number of nitro benzene ring substituents is 1. The van der Waals surface area contributed by atoms with Gasteiger partial charge in [0.1, 0.15) is 0 Å². The topological polar surface area (TPSA) is 79.0 Å². The quantitative estimate of drug-likeness (QED) is 0.623. The zero-order chi connectivity index (χ0) is 12.8. The van der Waals surface area contributed by atoms with E-state index in [1.54, 1.807) is 6.07 Å². The average molecular weight is 233 g/mol. The first-order chi connectivity index (χ1) is 8.08. The lowest BCUT2D eigenvalue weighted by Crippen LogP contribution is -2.27. The van der Waals surface area contributed by atoms with Gasteiger partial charge in [0.15, 0.2) is 0 Å². The molecule has 0 heterocycles. The molecule has 0 amide bonds. The Morgan fingerprint density at radius 1 is 1.59 bits per heavy atom. The maximum Gasteiger partial charge on any atom is 0.270 e. The van der Waals surface area contributed by atoms with Crippen molar-refractivity contribution in [3.8, 4) is 6.07 Å². The fourth-order valence-electron chi connectivity index (χ4n) is 1.71. The summed E-state index contributed by atoms with van der Waals surface area (Å²) in [7, 11) is 0. The molecule has 0 fully saturated rings. The normalized spacial score (nSPS) is 11.8. The molecule has 0 radical (unpaired) electrons. The molecular weight excluding hydrogens is 218 g/mol. The minimum Gasteiger partial charge on any atom is -0.314 e. The molecule has 0 aromatic heterocycles. The van der Waals surface area contributed by atoms with Crippen molar-refractivity contribution in [2.45, 2.75) is 26.3 Å². The number of nitrogens with one attached hydrogen (secondary N) is 1. The maximum absolute atomic E-state index is 10.6. The Bertz CT molecular complexity index is 452. The molecule has 0 aliphatic carbocycles. The summed E-state index contributed by atoms with van der Waals surface area (Å²) in [5, 5.41) is 22.8. The van der Waals surface area contributed by atoms with Gasteiger partial charge in [0, 0.05) is 18.2 Å². The summed E-state index contributed by atoms with van der Waals surface area (Å²) < 4.78 is 0.